The molecule has 8 heteroatoms. The summed E-state index contributed by atoms with van der Waals surface area (Å²) in [5.74, 6) is 0. The van der Waals surface area contributed by atoms with Gasteiger partial charge in [0.1, 0.15) is 0 Å². The smallest absolute Gasteiger partial charge is 0.256 e. The first-order valence-electron chi connectivity index (χ1n) is 11.2. The van der Waals surface area contributed by atoms with Crippen molar-refractivity contribution in [2.45, 2.75) is 20.0 Å². The molecular formula is C28H21F3N4S. The maximum absolute atomic E-state index is 13.4. The summed E-state index contributed by atoms with van der Waals surface area (Å²) >= 11 is 1.32. The Bertz CT molecular complexity index is 1660. The molecule has 0 saturated carbocycles. The third-order valence-corrected chi connectivity index (χ3v) is 6.50. The lowest BCUT2D eigenvalue weighted by molar-refractivity contribution is -0.137. The molecule has 5 aromatic rings. The highest BCUT2D eigenvalue weighted by Crippen LogP contribution is 2.32. The van der Waals surface area contributed by atoms with E-state index in [9.17, 15) is 13.2 Å². The van der Waals surface area contributed by atoms with Crippen LogP contribution in [-0.4, -0.2) is 15.9 Å². The molecule has 36 heavy (non-hydrogen) atoms. The molecule has 5 rings (SSSR count). The molecule has 0 spiro atoms. The summed E-state index contributed by atoms with van der Waals surface area (Å²) in [5.41, 5.74) is 4.82. The predicted molar refractivity (Wildman–Crippen MR) is 139 cm³/mol. The number of benzene rings is 3. The maximum atomic E-state index is 13.4. The van der Waals surface area contributed by atoms with Crippen molar-refractivity contribution in [3.8, 4) is 11.3 Å². The molecule has 2 heterocycles. The quantitative estimate of drug-likeness (QED) is 0.235. The molecule has 0 N–H and O–H groups in total. The number of thiazole rings is 1. The predicted octanol–water partition coefficient (Wildman–Crippen LogP) is 7.52. The zero-order valence-corrected chi connectivity index (χ0v) is 20.3. The van der Waals surface area contributed by atoms with Crippen LogP contribution in [0.15, 0.2) is 94.5 Å². The molecule has 0 unspecified atom stereocenters. The number of rotatable bonds is 4. The topological polar surface area (TPSA) is 42.5 Å². The minimum Gasteiger partial charge on any atom is -0.256 e. The molecule has 0 bridgehead atoms. The van der Waals surface area contributed by atoms with Crippen LogP contribution in [0.5, 0.6) is 0 Å². The summed E-state index contributed by atoms with van der Waals surface area (Å²) in [7, 11) is 0. The molecule has 0 atom stereocenters. The number of fused-ring (bicyclic) bond motifs is 1. The molecule has 0 aliphatic carbocycles. The second-order valence-electron chi connectivity index (χ2n) is 8.40. The Hall–Kier alpha value is -4.04. The monoisotopic (exact) mass is 502 g/mol. The summed E-state index contributed by atoms with van der Waals surface area (Å²) in [5, 5.41) is 7.41. The maximum Gasteiger partial charge on any atom is 0.416 e. The van der Waals surface area contributed by atoms with Crippen LogP contribution in [0.2, 0.25) is 0 Å². The van der Waals surface area contributed by atoms with Gasteiger partial charge < -0.3 is 0 Å². The first-order valence-corrected chi connectivity index (χ1v) is 12.1. The summed E-state index contributed by atoms with van der Waals surface area (Å²) in [6.45, 7) is 3.99. The van der Waals surface area contributed by atoms with Gasteiger partial charge in [-0.05, 0) is 61.4 Å². The molecular weight excluding hydrogens is 481 g/mol. The lowest BCUT2D eigenvalue weighted by Crippen LogP contribution is -2.12. The first kappa shape index (κ1) is 23.7. The van der Waals surface area contributed by atoms with Gasteiger partial charge in [-0.3, -0.25) is 4.98 Å². The Morgan fingerprint density at radius 3 is 2.61 bits per heavy atom. The summed E-state index contributed by atoms with van der Waals surface area (Å²) in [4.78, 5) is 9.68. The summed E-state index contributed by atoms with van der Waals surface area (Å²) in [6, 6.07) is 20.8. The molecule has 0 aliphatic rings. The second-order valence-corrected chi connectivity index (χ2v) is 9.23. The van der Waals surface area contributed by atoms with Gasteiger partial charge in [-0.1, -0.05) is 42.0 Å². The molecule has 0 aliphatic heterocycles. The Kier molecular flexibility index (Phi) is 6.28. The fourth-order valence-electron chi connectivity index (χ4n) is 3.87. The van der Waals surface area contributed by atoms with Crippen molar-refractivity contribution in [2.75, 3.05) is 0 Å². The average Bonchev–Trinajstić information content (AvgIpc) is 3.26. The summed E-state index contributed by atoms with van der Waals surface area (Å²) in [6.07, 6.45) is -1.03. The van der Waals surface area contributed by atoms with Crippen LogP contribution >= 0.6 is 11.3 Å². The molecule has 0 saturated heterocycles. The van der Waals surface area contributed by atoms with Crippen LogP contribution in [-0.2, 0) is 6.18 Å². The van der Waals surface area contributed by atoms with E-state index in [0.717, 1.165) is 45.4 Å². The third-order valence-electron chi connectivity index (χ3n) is 5.69. The van der Waals surface area contributed by atoms with Crippen molar-refractivity contribution in [1.82, 2.24) is 9.66 Å². The number of aromatic nitrogens is 2. The number of hydrogen-bond donors (Lipinski definition) is 0. The first-order chi connectivity index (χ1) is 17.3. The fraction of sp³-hybridized carbons (Fsp3) is 0.107. The van der Waals surface area contributed by atoms with E-state index in [0.29, 0.717) is 16.1 Å². The zero-order chi connectivity index (χ0) is 25.3. The average molecular weight is 503 g/mol. The Morgan fingerprint density at radius 1 is 0.944 bits per heavy atom. The number of halogens is 3. The molecule has 2 aromatic heterocycles. The second kappa shape index (κ2) is 9.54. The lowest BCUT2D eigenvalue weighted by atomic mass is 10.1. The highest BCUT2D eigenvalue weighted by molar-refractivity contribution is 7.07. The van der Waals surface area contributed by atoms with E-state index in [-0.39, 0.29) is 0 Å². The molecule has 180 valence electrons. The summed E-state index contributed by atoms with van der Waals surface area (Å²) < 4.78 is 41.8. The van der Waals surface area contributed by atoms with Crippen molar-refractivity contribution >= 4 is 34.1 Å². The molecule has 3 aromatic carbocycles. The van der Waals surface area contributed by atoms with Gasteiger partial charge in [0.2, 0.25) is 4.80 Å². The van der Waals surface area contributed by atoms with Crippen molar-refractivity contribution in [3.63, 3.8) is 0 Å². The highest BCUT2D eigenvalue weighted by atomic mass is 32.1. The lowest BCUT2D eigenvalue weighted by Gasteiger charge is -2.09. The Labute approximate surface area is 209 Å². The van der Waals surface area contributed by atoms with E-state index in [2.05, 4.69) is 10.1 Å². The van der Waals surface area contributed by atoms with E-state index >= 15 is 0 Å². The van der Waals surface area contributed by atoms with Gasteiger partial charge in [-0.2, -0.15) is 18.3 Å². The number of pyridine rings is 1. The highest BCUT2D eigenvalue weighted by Gasteiger charge is 2.30. The standard InChI is InChI=1S/C28H21F3N4S/c1-18-8-10-24(19(2)13-18)34-27-35(33-16-20-9-11-25-21(14-20)6-4-12-32-25)26(17-36-27)22-5-3-7-23(15-22)28(29,30)31/h3-17H,1-2H3/b33-16-,34-27?. The van der Waals surface area contributed by atoms with Crippen LogP contribution in [0, 0.1) is 13.8 Å². The minimum absolute atomic E-state index is 0.406. The van der Waals surface area contributed by atoms with E-state index in [1.807, 2.05) is 62.4 Å². The van der Waals surface area contributed by atoms with Crippen molar-refractivity contribution in [2.24, 2.45) is 10.1 Å². The van der Waals surface area contributed by atoms with Gasteiger partial charge in [-0.15, -0.1) is 11.3 Å². The number of alkyl halides is 3. The van der Waals surface area contributed by atoms with Gasteiger partial charge in [-0.25, -0.2) is 9.67 Å². The number of hydrogen-bond acceptors (Lipinski definition) is 4. The molecule has 0 amide bonds. The minimum atomic E-state index is -4.44. The third kappa shape index (κ3) is 4.99. The zero-order valence-electron chi connectivity index (χ0n) is 19.5. The van der Waals surface area contributed by atoms with Gasteiger partial charge >= 0.3 is 6.18 Å². The van der Waals surface area contributed by atoms with Crippen LogP contribution in [0.1, 0.15) is 22.3 Å². The molecule has 4 nitrogen and oxygen atoms in total. The van der Waals surface area contributed by atoms with E-state index in [4.69, 9.17) is 4.99 Å². The fourth-order valence-corrected chi connectivity index (χ4v) is 4.72. The van der Waals surface area contributed by atoms with Gasteiger partial charge in [0.25, 0.3) is 0 Å². The molecule has 0 radical (unpaired) electrons. The number of aryl methyl sites for hydroxylation is 2. The van der Waals surface area contributed by atoms with Crippen LogP contribution in [0.4, 0.5) is 18.9 Å². The normalized spacial score (nSPS) is 12.6. The molecule has 0 fully saturated rings. The van der Waals surface area contributed by atoms with Crippen molar-refractivity contribution in [1.29, 1.82) is 0 Å². The van der Waals surface area contributed by atoms with Crippen LogP contribution in [0.25, 0.3) is 22.2 Å². The van der Waals surface area contributed by atoms with Crippen molar-refractivity contribution in [3.05, 3.63) is 111 Å². The Balaban J connectivity index is 1.65. The van der Waals surface area contributed by atoms with Gasteiger partial charge in [0.05, 0.1) is 28.7 Å². The van der Waals surface area contributed by atoms with Gasteiger partial charge in [0, 0.05) is 22.5 Å². The van der Waals surface area contributed by atoms with Crippen LogP contribution < -0.4 is 4.80 Å². The van der Waals surface area contributed by atoms with Gasteiger partial charge in [0.15, 0.2) is 0 Å². The van der Waals surface area contributed by atoms with E-state index in [1.54, 1.807) is 28.5 Å². The van der Waals surface area contributed by atoms with Crippen LogP contribution in [0.3, 0.4) is 0 Å². The SMILES string of the molecule is Cc1ccc(N=c2scc(-c3cccc(C(F)(F)F)c3)n2/N=C\c2ccc3ncccc3c2)c(C)c1. The van der Waals surface area contributed by atoms with E-state index in [1.165, 1.54) is 17.4 Å². The largest absolute Gasteiger partial charge is 0.416 e. The van der Waals surface area contributed by atoms with Crippen molar-refractivity contribution < 1.29 is 13.2 Å². The Morgan fingerprint density at radius 2 is 1.81 bits per heavy atom. The number of nitrogens with zero attached hydrogens (tertiary/aromatic N) is 4. The van der Waals surface area contributed by atoms with E-state index < -0.39 is 11.7 Å².